The number of rotatable bonds is 3. The van der Waals surface area contributed by atoms with Crippen LogP contribution in [0.15, 0.2) is 0 Å². The minimum absolute atomic E-state index is 0.651. The van der Waals surface area contributed by atoms with Crippen LogP contribution in [-0.2, 0) is 0 Å². The lowest BCUT2D eigenvalue weighted by Crippen LogP contribution is -2.64. The van der Waals surface area contributed by atoms with Crippen LogP contribution < -0.4 is 0 Å². The van der Waals surface area contributed by atoms with Gasteiger partial charge in [-0.3, -0.25) is 4.90 Å². The van der Waals surface area contributed by atoms with Gasteiger partial charge in [-0.2, -0.15) is 0 Å². The highest BCUT2D eigenvalue weighted by molar-refractivity contribution is 5.08. The monoisotopic (exact) mass is 276 g/mol. The van der Waals surface area contributed by atoms with Crippen LogP contribution in [0.1, 0.15) is 52.4 Å². The molecular formula is C18H32N2. The van der Waals surface area contributed by atoms with Crippen LogP contribution in [0.3, 0.4) is 0 Å². The van der Waals surface area contributed by atoms with E-state index in [0.29, 0.717) is 5.54 Å². The molecule has 4 bridgehead atoms. The third-order valence-electron chi connectivity index (χ3n) is 6.67. The maximum Gasteiger partial charge on any atom is 0.0218 e. The van der Waals surface area contributed by atoms with E-state index in [-0.39, 0.29) is 0 Å². The van der Waals surface area contributed by atoms with E-state index in [2.05, 4.69) is 23.6 Å². The largest absolute Gasteiger partial charge is 0.301 e. The van der Waals surface area contributed by atoms with Crippen molar-refractivity contribution in [2.45, 2.75) is 57.9 Å². The Balaban J connectivity index is 1.41. The van der Waals surface area contributed by atoms with Crippen molar-refractivity contribution in [2.24, 2.45) is 23.7 Å². The van der Waals surface area contributed by atoms with Crippen LogP contribution in [0.25, 0.3) is 0 Å². The number of nitrogens with zero attached hydrogens (tertiary/aromatic N) is 2. The summed E-state index contributed by atoms with van der Waals surface area (Å²) in [6, 6.07) is 0. The molecule has 0 aromatic carbocycles. The maximum absolute atomic E-state index is 2.94. The van der Waals surface area contributed by atoms with Gasteiger partial charge in [-0.1, -0.05) is 13.8 Å². The smallest absolute Gasteiger partial charge is 0.0218 e. The van der Waals surface area contributed by atoms with Gasteiger partial charge in [0.15, 0.2) is 0 Å². The summed E-state index contributed by atoms with van der Waals surface area (Å²) in [6.07, 6.45) is 9.36. The van der Waals surface area contributed by atoms with E-state index in [0.717, 1.165) is 23.7 Å². The molecule has 4 aliphatic carbocycles. The van der Waals surface area contributed by atoms with Gasteiger partial charge in [0, 0.05) is 38.3 Å². The first kappa shape index (κ1) is 13.6. The summed E-state index contributed by atoms with van der Waals surface area (Å²) in [5, 5.41) is 0. The first-order valence-corrected chi connectivity index (χ1v) is 9.10. The van der Waals surface area contributed by atoms with Crippen molar-refractivity contribution in [2.75, 3.05) is 32.7 Å². The fourth-order valence-corrected chi connectivity index (χ4v) is 6.37. The normalized spacial score (nSPS) is 45.5. The Morgan fingerprint density at radius 2 is 1.35 bits per heavy atom. The van der Waals surface area contributed by atoms with E-state index in [1.165, 1.54) is 32.7 Å². The SMILES string of the molecule is CC(C)CN1CCN(C23CC4CC(CC(C4)C2)C3)CC1. The minimum Gasteiger partial charge on any atom is -0.301 e. The van der Waals surface area contributed by atoms with Gasteiger partial charge in [-0.25, -0.2) is 0 Å². The third kappa shape index (κ3) is 2.33. The van der Waals surface area contributed by atoms with E-state index < -0.39 is 0 Å². The first-order chi connectivity index (χ1) is 9.63. The standard InChI is InChI=1S/C18H32N2/c1-14(2)13-19-3-5-20(6-4-19)18-10-15-7-16(11-18)9-17(8-15)12-18/h14-17H,3-13H2,1-2H3. The average molecular weight is 276 g/mol. The molecule has 0 aromatic heterocycles. The van der Waals surface area contributed by atoms with E-state index >= 15 is 0 Å². The van der Waals surface area contributed by atoms with Gasteiger partial charge in [0.05, 0.1) is 0 Å². The molecule has 2 nitrogen and oxygen atoms in total. The Labute approximate surface area is 124 Å². The molecule has 5 fully saturated rings. The van der Waals surface area contributed by atoms with Crippen LogP contribution in [0, 0.1) is 23.7 Å². The number of hydrogen-bond donors (Lipinski definition) is 0. The Morgan fingerprint density at radius 1 is 0.850 bits per heavy atom. The minimum atomic E-state index is 0.651. The third-order valence-corrected chi connectivity index (χ3v) is 6.67. The Bertz CT molecular complexity index is 319. The summed E-state index contributed by atoms with van der Waals surface area (Å²) < 4.78 is 0. The van der Waals surface area contributed by atoms with Gasteiger partial charge in [-0.15, -0.1) is 0 Å². The highest BCUT2D eigenvalue weighted by atomic mass is 15.3. The molecule has 4 saturated carbocycles. The van der Waals surface area contributed by atoms with Crippen molar-refractivity contribution in [1.82, 2.24) is 9.80 Å². The molecule has 114 valence electrons. The molecule has 0 aromatic rings. The topological polar surface area (TPSA) is 6.48 Å². The quantitative estimate of drug-likeness (QED) is 0.781. The van der Waals surface area contributed by atoms with E-state index in [1.54, 1.807) is 38.5 Å². The number of piperazine rings is 1. The summed E-state index contributed by atoms with van der Waals surface area (Å²) in [6.45, 7) is 11.3. The fraction of sp³-hybridized carbons (Fsp3) is 1.00. The van der Waals surface area contributed by atoms with Gasteiger partial charge in [-0.05, 0) is 62.2 Å². The highest BCUT2D eigenvalue weighted by Gasteiger charge is 2.53. The van der Waals surface area contributed by atoms with Crippen molar-refractivity contribution in [1.29, 1.82) is 0 Å². The van der Waals surface area contributed by atoms with Gasteiger partial charge in [0.2, 0.25) is 0 Å². The zero-order chi connectivity index (χ0) is 13.7. The lowest BCUT2D eigenvalue weighted by atomic mass is 9.52. The van der Waals surface area contributed by atoms with Gasteiger partial charge in [0.1, 0.15) is 0 Å². The lowest BCUT2D eigenvalue weighted by Gasteiger charge is -2.61. The van der Waals surface area contributed by atoms with Gasteiger partial charge >= 0.3 is 0 Å². The number of hydrogen-bond acceptors (Lipinski definition) is 2. The molecule has 5 rings (SSSR count). The zero-order valence-corrected chi connectivity index (χ0v) is 13.5. The predicted molar refractivity (Wildman–Crippen MR) is 83.8 cm³/mol. The summed E-state index contributed by atoms with van der Waals surface area (Å²) in [7, 11) is 0. The molecule has 2 heteroatoms. The van der Waals surface area contributed by atoms with Crippen LogP contribution >= 0.6 is 0 Å². The summed E-state index contributed by atoms with van der Waals surface area (Å²) in [5.41, 5.74) is 0.651. The molecular weight excluding hydrogens is 244 g/mol. The molecule has 0 radical (unpaired) electrons. The van der Waals surface area contributed by atoms with E-state index in [4.69, 9.17) is 0 Å². The van der Waals surface area contributed by atoms with Crippen molar-refractivity contribution in [3.05, 3.63) is 0 Å². The molecule has 0 spiro atoms. The van der Waals surface area contributed by atoms with Gasteiger partial charge in [0.25, 0.3) is 0 Å². The molecule has 1 heterocycles. The predicted octanol–water partition coefficient (Wildman–Crippen LogP) is 3.23. The van der Waals surface area contributed by atoms with Gasteiger partial charge < -0.3 is 4.90 Å². The van der Waals surface area contributed by atoms with Crippen molar-refractivity contribution in [3.63, 3.8) is 0 Å². The van der Waals surface area contributed by atoms with Crippen LogP contribution in [0.5, 0.6) is 0 Å². The second-order valence-electron chi connectivity index (χ2n) is 8.82. The summed E-state index contributed by atoms with van der Waals surface area (Å²) >= 11 is 0. The maximum atomic E-state index is 2.94. The molecule has 0 amide bonds. The second-order valence-corrected chi connectivity index (χ2v) is 8.82. The lowest BCUT2D eigenvalue weighted by molar-refractivity contribution is -0.101. The second kappa shape index (κ2) is 4.98. The highest BCUT2D eigenvalue weighted by Crippen LogP contribution is 2.57. The van der Waals surface area contributed by atoms with E-state index in [1.807, 2.05) is 0 Å². The van der Waals surface area contributed by atoms with Crippen molar-refractivity contribution >= 4 is 0 Å². The fourth-order valence-electron chi connectivity index (χ4n) is 6.37. The molecule has 1 aliphatic heterocycles. The Kier molecular flexibility index (Phi) is 3.38. The molecule has 1 saturated heterocycles. The van der Waals surface area contributed by atoms with Crippen LogP contribution in [0.4, 0.5) is 0 Å². The summed E-state index contributed by atoms with van der Waals surface area (Å²) in [4.78, 5) is 5.63. The molecule has 20 heavy (non-hydrogen) atoms. The average Bonchev–Trinajstić information content (AvgIpc) is 2.37. The Hall–Kier alpha value is -0.0800. The van der Waals surface area contributed by atoms with Crippen molar-refractivity contribution < 1.29 is 0 Å². The van der Waals surface area contributed by atoms with Crippen LogP contribution in [-0.4, -0.2) is 48.1 Å². The molecule has 5 aliphatic rings. The van der Waals surface area contributed by atoms with E-state index in [9.17, 15) is 0 Å². The Morgan fingerprint density at radius 3 is 1.80 bits per heavy atom. The first-order valence-electron chi connectivity index (χ1n) is 9.10. The zero-order valence-electron chi connectivity index (χ0n) is 13.5. The molecule has 0 atom stereocenters. The molecule has 0 N–H and O–H groups in total. The van der Waals surface area contributed by atoms with Crippen LogP contribution in [0.2, 0.25) is 0 Å². The molecule has 0 unspecified atom stereocenters. The van der Waals surface area contributed by atoms with Crippen molar-refractivity contribution in [3.8, 4) is 0 Å². The summed E-state index contributed by atoms with van der Waals surface area (Å²) in [5.74, 6) is 4.10.